The van der Waals surface area contributed by atoms with E-state index in [0.29, 0.717) is 13.1 Å². The number of carboxylic acid groups (broad SMARTS) is 1. The summed E-state index contributed by atoms with van der Waals surface area (Å²) in [4.78, 5) is 13.8. The van der Waals surface area contributed by atoms with Crippen LogP contribution in [0.1, 0.15) is 40.0 Å². The molecule has 1 aromatic rings. The monoisotopic (exact) mass is 292 g/mol. The lowest BCUT2D eigenvalue weighted by atomic mass is 10.0. The molecule has 0 heterocycles. The fourth-order valence-corrected chi connectivity index (χ4v) is 2.27. The number of hydrogen-bond donors (Lipinski definition) is 2. The molecule has 0 aliphatic carbocycles. The van der Waals surface area contributed by atoms with Gasteiger partial charge < -0.3 is 15.3 Å². The van der Waals surface area contributed by atoms with Crippen molar-refractivity contribution < 1.29 is 9.90 Å². The molecule has 1 atom stereocenters. The summed E-state index contributed by atoms with van der Waals surface area (Å²) in [6.45, 7) is 8.01. The van der Waals surface area contributed by atoms with Gasteiger partial charge in [0.2, 0.25) is 0 Å². The van der Waals surface area contributed by atoms with Crippen molar-refractivity contribution in [1.82, 2.24) is 5.32 Å². The minimum Gasteiger partial charge on any atom is -0.480 e. The third-order valence-electron chi connectivity index (χ3n) is 3.65. The Hall–Kier alpha value is -1.55. The summed E-state index contributed by atoms with van der Waals surface area (Å²) in [7, 11) is 0. The molecular weight excluding hydrogens is 264 g/mol. The Balaban J connectivity index is 2.89. The zero-order chi connectivity index (χ0) is 15.7. The van der Waals surface area contributed by atoms with Gasteiger partial charge in [0.05, 0.1) is 0 Å². The SMILES string of the molecule is CCCCN(CC(C)(NCCC)C(=O)O)c1ccccc1. The van der Waals surface area contributed by atoms with Crippen LogP contribution in [0, 0.1) is 0 Å². The van der Waals surface area contributed by atoms with Crippen LogP contribution >= 0.6 is 0 Å². The van der Waals surface area contributed by atoms with Crippen molar-refractivity contribution in [2.45, 2.75) is 45.6 Å². The lowest BCUT2D eigenvalue weighted by molar-refractivity contribution is -0.143. The Labute approximate surface area is 128 Å². The Bertz CT molecular complexity index is 422. The number of aliphatic carboxylic acids is 1. The number of rotatable bonds is 10. The van der Waals surface area contributed by atoms with Crippen LogP contribution in [-0.4, -0.2) is 36.2 Å². The molecule has 4 nitrogen and oxygen atoms in total. The predicted molar refractivity (Wildman–Crippen MR) is 87.9 cm³/mol. The number of hydrogen-bond acceptors (Lipinski definition) is 3. The van der Waals surface area contributed by atoms with E-state index in [2.05, 4.69) is 17.1 Å². The van der Waals surface area contributed by atoms with E-state index in [4.69, 9.17) is 0 Å². The molecule has 1 rings (SSSR count). The fourth-order valence-electron chi connectivity index (χ4n) is 2.27. The first-order valence-corrected chi connectivity index (χ1v) is 7.82. The van der Waals surface area contributed by atoms with Gasteiger partial charge in [0.15, 0.2) is 0 Å². The zero-order valence-corrected chi connectivity index (χ0v) is 13.4. The molecule has 1 aromatic carbocycles. The van der Waals surface area contributed by atoms with Crippen LogP contribution in [0.5, 0.6) is 0 Å². The van der Waals surface area contributed by atoms with Crippen LogP contribution in [0.2, 0.25) is 0 Å². The predicted octanol–water partition coefficient (Wildman–Crippen LogP) is 3.14. The van der Waals surface area contributed by atoms with Gasteiger partial charge in [-0.2, -0.15) is 0 Å². The van der Waals surface area contributed by atoms with Gasteiger partial charge in [-0.25, -0.2) is 0 Å². The van der Waals surface area contributed by atoms with Gasteiger partial charge in [0.1, 0.15) is 5.54 Å². The molecule has 4 heteroatoms. The molecule has 0 aliphatic rings. The maximum Gasteiger partial charge on any atom is 0.325 e. The quantitative estimate of drug-likeness (QED) is 0.695. The van der Waals surface area contributed by atoms with E-state index in [1.807, 2.05) is 37.3 Å². The van der Waals surface area contributed by atoms with Gasteiger partial charge in [-0.3, -0.25) is 4.79 Å². The molecule has 0 saturated carbocycles. The summed E-state index contributed by atoms with van der Waals surface area (Å²) < 4.78 is 0. The summed E-state index contributed by atoms with van der Waals surface area (Å²) in [5.74, 6) is -0.798. The number of benzene rings is 1. The van der Waals surface area contributed by atoms with Crippen molar-refractivity contribution >= 4 is 11.7 Å². The normalized spacial score (nSPS) is 13.7. The molecule has 1 unspecified atom stereocenters. The van der Waals surface area contributed by atoms with Crippen LogP contribution in [0.3, 0.4) is 0 Å². The van der Waals surface area contributed by atoms with Crippen molar-refractivity contribution in [2.75, 3.05) is 24.5 Å². The number of anilines is 1. The van der Waals surface area contributed by atoms with Crippen LogP contribution in [0.4, 0.5) is 5.69 Å². The van der Waals surface area contributed by atoms with E-state index in [-0.39, 0.29) is 0 Å². The van der Waals surface area contributed by atoms with Gasteiger partial charge in [0.25, 0.3) is 0 Å². The van der Waals surface area contributed by atoms with Gasteiger partial charge in [-0.05, 0) is 38.4 Å². The van der Waals surface area contributed by atoms with Gasteiger partial charge in [0, 0.05) is 18.8 Å². The van der Waals surface area contributed by atoms with Crippen LogP contribution in [0.15, 0.2) is 30.3 Å². The Kier molecular flexibility index (Phi) is 7.23. The fraction of sp³-hybridized carbons (Fsp3) is 0.588. The molecule has 118 valence electrons. The highest BCUT2D eigenvalue weighted by atomic mass is 16.4. The highest BCUT2D eigenvalue weighted by molar-refractivity contribution is 5.79. The first-order chi connectivity index (χ1) is 10.0. The molecule has 0 saturated heterocycles. The second-order valence-corrected chi connectivity index (χ2v) is 5.67. The first-order valence-electron chi connectivity index (χ1n) is 7.82. The number of carbonyl (C=O) groups is 1. The average Bonchev–Trinajstić information content (AvgIpc) is 2.50. The van der Waals surface area contributed by atoms with Crippen LogP contribution in [-0.2, 0) is 4.79 Å². The molecular formula is C17H28N2O2. The van der Waals surface area contributed by atoms with Crippen LogP contribution in [0.25, 0.3) is 0 Å². The summed E-state index contributed by atoms with van der Waals surface area (Å²) >= 11 is 0. The summed E-state index contributed by atoms with van der Waals surface area (Å²) in [5, 5.41) is 12.8. The minimum absolute atomic E-state index is 0.465. The molecule has 0 radical (unpaired) electrons. The highest BCUT2D eigenvalue weighted by Crippen LogP contribution is 2.18. The number of unbranched alkanes of at least 4 members (excludes halogenated alkanes) is 1. The Morgan fingerprint density at radius 2 is 1.90 bits per heavy atom. The largest absolute Gasteiger partial charge is 0.480 e. The van der Waals surface area contributed by atoms with E-state index in [0.717, 1.165) is 31.5 Å². The van der Waals surface area contributed by atoms with Crippen molar-refractivity contribution in [3.05, 3.63) is 30.3 Å². The Morgan fingerprint density at radius 1 is 1.24 bits per heavy atom. The van der Waals surface area contributed by atoms with E-state index in [1.165, 1.54) is 0 Å². The van der Waals surface area contributed by atoms with Crippen molar-refractivity contribution in [3.63, 3.8) is 0 Å². The van der Waals surface area contributed by atoms with Crippen molar-refractivity contribution in [2.24, 2.45) is 0 Å². The third kappa shape index (κ3) is 5.38. The molecule has 0 aliphatic heterocycles. The molecule has 0 amide bonds. The molecule has 0 spiro atoms. The molecule has 0 fully saturated rings. The number of nitrogens with zero attached hydrogens (tertiary/aromatic N) is 1. The van der Waals surface area contributed by atoms with Crippen molar-refractivity contribution in [1.29, 1.82) is 0 Å². The number of carboxylic acids is 1. The first kappa shape index (κ1) is 17.5. The average molecular weight is 292 g/mol. The minimum atomic E-state index is -0.931. The maximum absolute atomic E-state index is 11.7. The van der Waals surface area contributed by atoms with E-state index in [1.54, 1.807) is 6.92 Å². The zero-order valence-electron chi connectivity index (χ0n) is 13.4. The summed E-state index contributed by atoms with van der Waals surface area (Å²) in [5.41, 5.74) is 0.149. The highest BCUT2D eigenvalue weighted by Gasteiger charge is 2.34. The second kappa shape index (κ2) is 8.67. The van der Waals surface area contributed by atoms with Crippen LogP contribution < -0.4 is 10.2 Å². The number of nitrogens with one attached hydrogen (secondary N) is 1. The lowest BCUT2D eigenvalue weighted by Gasteiger charge is -2.34. The Morgan fingerprint density at radius 3 is 2.43 bits per heavy atom. The molecule has 0 bridgehead atoms. The van der Waals surface area contributed by atoms with E-state index >= 15 is 0 Å². The van der Waals surface area contributed by atoms with Gasteiger partial charge in [-0.1, -0.05) is 38.5 Å². The molecule has 2 N–H and O–H groups in total. The van der Waals surface area contributed by atoms with E-state index < -0.39 is 11.5 Å². The topological polar surface area (TPSA) is 52.6 Å². The molecule has 21 heavy (non-hydrogen) atoms. The summed E-state index contributed by atoms with van der Waals surface area (Å²) in [6, 6.07) is 10.0. The standard InChI is InChI=1S/C17H28N2O2/c1-4-6-13-19(15-10-8-7-9-11-15)14-17(3,16(20)21)18-12-5-2/h7-11,18H,4-6,12-14H2,1-3H3,(H,20,21). The maximum atomic E-state index is 11.7. The smallest absolute Gasteiger partial charge is 0.325 e. The van der Waals surface area contributed by atoms with Crippen molar-refractivity contribution in [3.8, 4) is 0 Å². The second-order valence-electron chi connectivity index (χ2n) is 5.67. The van der Waals surface area contributed by atoms with Gasteiger partial charge in [-0.15, -0.1) is 0 Å². The lowest BCUT2D eigenvalue weighted by Crippen LogP contribution is -2.57. The van der Waals surface area contributed by atoms with Gasteiger partial charge >= 0.3 is 5.97 Å². The third-order valence-corrected chi connectivity index (χ3v) is 3.65. The van der Waals surface area contributed by atoms with E-state index in [9.17, 15) is 9.90 Å². The molecule has 0 aromatic heterocycles. The summed E-state index contributed by atoms with van der Waals surface area (Å²) in [6.07, 6.45) is 3.07. The number of para-hydroxylation sites is 1.